The van der Waals surface area contributed by atoms with Crippen molar-refractivity contribution in [3.8, 4) is 0 Å². The second kappa shape index (κ2) is 8.40. The molecule has 0 unspecified atom stereocenters. The lowest BCUT2D eigenvalue weighted by molar-refractivity contribution is 0.147. The fourth-order valence-electron chi connectivity index (χ4n) is 4.46. The molecule has 0 aromatic carbocycles. The predicted molar refractivity (Wildman–Crippen MR) is 132 cm³/mol. The Morgan fingerprint density at radius 2 is 1.52 bits per heavy atom. The van der Waals surface area contributed by atoms with Crippen LogP contribution in [0.15, 0.2) is 24.3 Å². The monoisotopic (exact) mass is 436 g/mol. The van der Waals surface area contributed by atoms with Crippen molar-refractivity contribution in [2.75, 3.05) is 0 Å². The molecule has 0 spiro atoms. The van der Waals surface area contributed by atoms with E-state index in [0.717, 1.165) is 5.92 Å². The first-order valence-electron chi connectivity index (χ1n) is 11.7. The fraction of sp³-hybridized carbons (Fsp3) is 0.840. The highest BCUT2D eigenvalue weighted by molar-refractivity contribution is 6.74. The molecule has 168 valence electrons. The molecule has 0 amide bonds. The van der Waals surface area contributed by atoms with Crippen LogP contribution in [0.25, 0.3) is 0 Å². The molecule has 0 radical (unpaired) electrons. The van der Waals surface area contributed by atoms with E-state index >= 15 is 0 Å². The van der Waals surface area contributed by atoms with E-state index in [0.29, 0.717) is 17.9 Å². The zero-order valence-corrected chi connectivity index (χ0v) is 23.2. The second-order valence-corrected chi connectivity index (χ2v) is 22.3. The first-order valence-corrected chi connectivity index (χ1v) is 17.5. The van der Waals surface area contributed by atoms with Gasteiger partial charge in [0.25, 0.3) is 0 Å². The number of allylic oxidation sites excluding steroid dienone is 1. The molecular formula is C25H48O2Si2. The molecule has 0 bridgehead atoms. The van der Waals surface area contributed by atoms with Crippen molar-refractivity contribution >= 4 is 16.6 Å². The van der Waals surface area contributed by atoms with Crippen molar-refractivity contribution in [3.63, 3.8) is 0 Å². The third-order valence-electron chi connectivity index (χ3n) is 8.28. The number of rotatable bonds is 6. The number of hydrogen-bond acceptors (Lipinski definition) is 2. The van der Waals surface area contributed by atoms with Gasteiger partial charge in [-0.1, -0.05) is 65.8 Å². The van der Waals surface area contributed by atoms with E-state index in [4.69, 9.17) is 8.85 Å². The molecule has 2 aliphatic rings. The minimum absolute atomic E-state index is 0.160. The largest absolute Gasteiger partial charge is 0.413 e. The van der Waals surface area contributed by atoms with E-state index in [1.54, 1.807) is 0 Å². The molecule has 0 aliphatic heterocycles. The average molecular weight is 437 g/mol. The molecular weight excluding hydrogens is 388 g/mol. The van der Waals surface area contributed by atoms with Gasteiger partial charge < -0.3 is 8.85 Å². The minimum atomic E-state index is -1.78. The summed E-state index contributed by atoms with van der Waals surface area (Å²) in [5, 5.41) is 0.492. The van der Waals surface area contributed by atoms with E-state index in [1.165, 1.54) is 24.8 Å². The molecule has 2 nitrogen and oxygen atoms in total. The summed E-state index contributed by atoms with van der Waals surface area (Å²) < 4.78 is 13.5. The zero-order chi connectivity index (χ0) is 22.4. The van der Waals surface area contributed by atoms with E-state index in [1.807, 2.05) is 0 Å². The molecule has 2 fully saturated rings. The average Bonchev–Trinajstić information content (AvgIpc) is 2.97. The molecule has 0 N–H and O–H groups in total. The van der Waals surface area contributed by atoms with Crippen LogP contribution in [0.2, 0.25) is 36.3 Å². The third-order valence-corrected chi connectivity index (χ3v) is 17.4. The maximum Gasteiger partial charge on any atom is 0.192 e. The standard InChI is InChI=1S/C25H48O2Si2/c1-18-15-20-17-23(27-29(11,12)25(6,7)8)21(22(20)16-18)14-13-19(2)26-28(9,10)24(3,4)5/h13-14,19-23H,1,15-17H2,2-12H3/t19-,20-,21+,22-,23+/m0/s1. The van der Waals surface area contributed by atoms with Crippen LogP contribution in [0, 0.1) is 17.8 Å². The van der Waals surface area contributed by atoms with Gasteiger partial charge in [0.05, 0.1) is 12.2 Å². The van der Waals surface area contributed by atoms with Crippen LogP contribution in [0.4, 0.5) is 0 Å². The maximum absolute atomic E-state index is 6.96. The first-order chi connectivity index (χ1) is 12.9. The molecule has 0 aromatic rings. The van der Waals surface area contributed by atoms with Crippen molar-refractivity contribution in [3.05, 3.63) is 24.3 Å². The van der Waals surface area contributed by atoms with Gasteiger partial charge in [-0.25, -0.2) is 0 Å². The number of fused-ring (bicyclic) bond motifs is 1. The van der Waals surface area contributed by atoms with E-state index in [2.05, 4.69) is 93.4 Å². The van der Waals surface area contributed by atoms with Crippen LogP contribution in [0.3, 0.4) is 0 Å². The minimum Gasteiger partial charge on any atom is -0.413 e. The number of hydrogen-bond donors (Lipinski definition) is 0. The van der Waals surface area contributed by atoms with Gasteiger partial charge in [0.2, 0.25) is 0 Å². The molecule has 5 atom stereocenters. The van der Waals surface area contributed by atoms with Gasteiger partial charge in [0.15, 0.2) is 16.6 Å². The summed E-state index contributed by atoms with van der Waals surface area (Å²) in [5.74, 6) is 1.95. The van der Waals surface area contributed by atoms with Crippen molar-refractivity contribution < 1.29 is 8.85 Å². The second-order valence-electron chi connectivity index (χ2n) is 12.8. The summed E-state index contributed by atoms with van der Waals surface area (Å²) in [6, 6.07) is 0. The predicted octanol–water partition coefficient (Wildman–Crippen LogP) is 7.95. The summed E-state index contributed by atoms with van der Waals surface area (Å²) in [5.41, 5.74) is 1.44. The van der Waals surface area contributed by atoms with Gasteiger partial charge in [-0.3, -0.25) is 0 Å². The van der Waals surface area contributed by atoms with Crippen LogP contribution < -0.4 is 0 Å². The zero-order valence-electron chi connectivity index (χ0n) is 21.2. The van der Waals surface area contributed by atoms with E-state index in [9.17, 15) is 0 Å². The summed E-state index contributed by atoms with van der Waals surface area (Å²) in [7, 11) is -3.53. The molecule has 0 saturated heterocycles. The van der Waals surface area contributed by atoms with Crippen LogP contribution >= 0.6 is 0 Å². The Bertz CT molecular complexity index is 622. The summed E-state index contributed by atoms with van der Waals surface area (Å²) in [6.45, 7) is 29.9. The molecule has 29 heavy (non-hydrogen) atoms. The Hall–Kier alpha value is -0.166. The van der Waals surface area contributed by atoms with Crippen molar-refractivity contribution in [2.45, 2.75) is 116 Å². The van der Waals surface area contributed by atoms with Crippen LogP contribution in [0.1, 0.15) is 67.7 Å². The lowest BCUT2D eigenvalue weighted by Crippen LogP contribution is -2.45. The summed E-state index contributed by atoms with van der Waals surface area (Å²) in [6.07, 6.45) is 8.87. The molecule has 2 rings (SSSR count). The van der Waals surface area contributed by atoms with Crippen LogP contribution in [0.5, 0.6) is 0 Å². The lowest BCUT2D eigenvalue weighted by atomic mass is 9.90. The highest BCUT2D eigenvalue weighted by atomic mass is 28.4. The van der Waals surface area contributed by atoms with E-state index < -0.39 is 16.6 Å². The van der Waals surface area contributed by atoms with Crippen molar-refractivity contribution in [2.24, 2.45) is 17.8 Å². The highest BCUT2D eigenvalue weighted by Gasteiger charge is 2.49. The van der Waals surface area contributed by atoms with Crippen LogP contribution in [-0.2, 0) is 8.85 Å². The van der Waals surface area contributed by atoms with E-state index in [-0.39, 0.29) is 16.2 Å². The molecule has 0 heterocycles. The van der Waals surface area contributed by atoms with Crippen LogP contribution in [-0.4, -0.2) is 28.8 Å². The smallest absolute Gasteiger partial charge is 0.192 e. The summed E-state index contributed by atoms with van der Waals surface area (Å²) in [4.78, 5) is 0. The molecule has 2 saturated carbocycles. The Morgan fingerprint density at radius 1 is 0.966 bits per heavy atom. The van der Waals surface area contributed by atoms with Gasteiger partial charge in [0.1, 0.15) is 0 Å². The third kappa shape index (κ3) is 5.75. The lowest BCUT2D eigenvalue weighted by Gasteiger charge is -2.40. The SMILES string of the molecule is C=C1C[C@H]2C[C@@H](O[Si](C)(C)C(C)(C)C)[C@H](C=C[C@H](C)O[Si](C)(C)C(C)(C)C)[C@H]2C1. The van der Waals surface area contributed by atoms with Gasteiger partial charge in [-0.2, -0.15) is 0 Å². The van der Waals surface area contributed by atoms with Gasteiger partial charge in [-0.15, -0.1) is 0 Å². The van der Waals surface area contributed by atoms with Gasteiger partial charge >= 0.3 is 0 Å². The Labute approximate surface area is 183 Å². The first kappa shape index (κ1) is 25.1. The highest BCUT2D eigenvalue weighted by Crippen LogP contribution is 2.52. The Balaban J connectivity index is 2.16. The Kier molecular flexibility index (Phi) is 7.27. The molecule has 0 aromatic heterocycles. The van der Waals surface area contributed by atoms with Gasteiger partial charge in [0, 0.05) is 5.92 Å². The molecule has 2 aliphatic carbocycles. The van der Waals surface area contributed by atoms with Gasteiger partial charge in [-0.05, 0) is 74.3 Å². The summed E-state index contributed by atoms with van der Waals surface area (Å²) >= 11 is 0. The maximum atomic E-state index is 6.96. The van der Waals surface area contributed by atoms with Crippen molar-refractivity contribution in [1.82, 2.24) is 0 Å². The quantitative estimate of drug-likeness (QED) is 0.310. The topological polar surface area (TPSA) is 18.5 Å². The van der Waals surface area contributed by atoms with Crippen molar-refractivity contribution in [1.29, 1.82) is 0 Å². The fourth-order valence-corrected chi connectivity index (χ4v) is 7.18. The molecule has 4 heteroatoms. The Morgan fingerprint density at radius 3 is 2.03 bits per heavy atom. The normalized spacial score (nSPS) is 30.2.